The summed E-state index contributed by atoms with van der Waals surface area (Å²) in [6.07, 6.45) is 0. The fraction of sp³-hybridized carbons (Fsp3) is 0. The van der Waals surface area contributed by atoms with Crippen LogP contribution in [0.1, 0.15) is 0 Å². The number of aromatic nitrogens is 4. The minimum atomic E-state index is -0.364. The van der Waals surface area contributed by atoms with Crippen molar-refractivity contribution in [2.75, 3.05) is 0 Å². The Labute approximate surface area is 117 Å². The molecule has 0 saturated carbocycles. The van der Waals surface area contributed by atoms with Gasteiger partial charge in [0.1, 0.15) is 11.5 Å². The molecule has 6 heteroatoms. The van der Waals surface area contributed by atoms with Crippen molar-refractivity contribution < 1.29 is 4.39 Å². The molecule has 0 radical (unpaired) electrons. The SMILES string of the molecule is O=c1nc2c(-c3cccc(F)c3)n[nH]n2c2ccccc12. The van der Waals surface area contributed by atoms with E-state index in [0.29, 0.717) is 27.8 Å². The monoisotopic (exact) mass is 280 g/mol. The lowest BCUT2D eigenvalue weighted by Gasteiger charge is -2.00. The number of fused-ring (bicyclic) bond motifs is 3. The highest BCUT2D eigenvalue weighted by Crippen LogP contribution is 2.22. The third-order valence-electron chi connectivity index (χ3n) is 3.37. The van der Waals surface area contributed by atoms with Crippen molar-refractivity contribution in [1.29, 1.82) is 0 Å². The lowest BCUT2D eigenvalue weighted by atomic mass is 10.1. The highest BCUT2D eigenvalue weighted by atomic mass is 19.1. The number of nitrogens with zero attached hydrogens (tertiary/aromatic N) is 3. The predicted molar refractivity (Wildman–Crippen MR) is 76.5 cm³/mol. The predicted octanol–water partition coefficient (Wildman–Crippen LogP) is 2.38. The first-order valence-corrected chi connectivity index (χ1v) is 6.36. The smallest absolute Gasteiger partial charge is 0.267 e. The molecule has 0 fully saturated rings. The van der Waals surface area contributed by atoms with Crippen molar-refractivity contribution in [1.82, 2.24) is 19.8 Å². The fourth-order valence-corrected chi connectivity index (χ4v) is 2.41. The van der Waals surface area contributed by atoms with E-state index in [2.05, 4.69) is 15.3 Å². The number of aromatic amines is 1. The Morgan fingerprint density at radius 1 is 1.10 bits per heavy atom. The van der Waals surface area contributed by atoms with Gasteiger partial charge in [0.15, 0.2) is 5.65 Å². The first-order valence-electron chi connectivity index (χ1n) is 6.36. The zero-order valence-corrected chi connectivity index (χ0v) is 10.7. The second-order valence-electron chi connectivity index (χ2n) is 4.66. The first kappa shape index (κ1) is 11.8. The third kappa shape index (κ3) is 1.73. The zero-order chi connectivity index (χ0) is 14.4. The van der Waals surface area contributed by atoms with Gasteiger partial charge >= 0.3 is 0 Å². The van der Waals surface area contributed by atoms with Crippen molar-refractivity contribution >= 4 is 16.6 Å². The Hall–Kier alpha value is -3.02. The molecule has 0 aliphatic heterocycles. The van der Waals surface area contributed by atoms with Crippen LogP contribution in [0.25, 0.3) is 27.8 Å². The van der Waals surface area contributed by atoms with Crippen LogP contribution in [0.15, 0.2) is 53.3 Å². The molecule has 0 atom stereocenters. The van der Waals surface area contributed by atoms with Crippen molar-refractivity contribution in [2.45, 2.75) is 0 Å². The fourth-order valence-electron chi connectivity index (χ4n) is 2.41. The van der Waals surface area contributed by atoms with Crippen molar-refractivity contribution in [3.05, 3.63) is 64.7 Å². The van der Waals surface area contributed by atoms with Crippen LogP contribution < -0.4 is 5.56 Å². The number of nitrogens with one attached hydrogen (secondary N) is 1. The summed E-state index contributed by atoms with van der Waals surface area (Å²) in [5, 5.41) is 7.49. The van der Waals surface area contributed by atoms with Gasteiger partial charge in [0.25, 0.3) is 5.56 Å². The molecule has 0 aliphatic rings. The Morgan fingerprint density at radius 2 is 1.95 bits per heavy atom. The van der Waals surface area contributed by atoms with Crippen molar-refractivity contribution in [3.8, 4) is 11.3 Å². The van der Waals surface area contributed by atoms with E-state index in [1.54, 1.807) is 34.8 Å². The number of rotatable bonds is 1. The lowest BCUT2D eigenvalue weighted by molar-refractivity contribution is 0.628. The summed E-state index contributed by atoms with van der Waals surface area (Å²) in [4.78, 5) is 16.2. The second-order valence-corrected chi connectivity index (χ2v) is 4.66. The molecule has 5 nitrogen and oxygen atoms in total. The van der Waals surface area contributed by atoms with Crippen molar-refractivity contribution in [3.63, 3.8) is 0 Å². The largest absolute Gasteiger partial charge is 0.281 e. The maximum absolute atomic E-state index is 13.4. The molecule has 2 aromatic heterocycles. The van der Waals surface area contributed by atoms with Crippen molar-refractivity contribution in [2.24, 2.45) is 0 Å². The van der Waals surface area contributed by atoms with E-state index in [1.165, 1.54) is 12.1 Å². The van der Waals surface area contributed by atoms with Gasteiger partial charge in [-0.15, -0.1) is 0 Å². The number of hydrogen-bond acceptors (Lipinski definition) is 3. The van der Waals surface area contributed by atoms with Crippen LogP contribution in [-0.4, -0.2) is 19.8 Å². The van der Waals surface area contributed by atoms with E-state index < -0.39 is 0 Å². The summed E-state index contributed by atoms with van der Waals surface area (Å²) < 4.78 is 15.0. The van der Waals surface area contributed by atoms with Gasteiger partial charge in [-0.2, -0.15) is 10.1 Å². The minimum Gasteiger partial charge on any atom is -0.267 e. The molecule has 4 aromatic rings. The first-order chi connectivity index (χ1) is 10.2. The van der Waals surface area contributed by atoms with Gasteiger partial charge in [0, 0.05) is 5.56 Å². The van der Waals surface area contributed by atoms with Gasteiger partial charge in [0.2, 0.25) is 0 Å². The maximum Gasteiger partial charge on any atom is 0.281 e. The third-order valence-corrected chi connectivity index (χ3v) is 3.37. The summed E-state index contributed by atoms with van der Waals surface area (Å²) in [6.45, 7) is 0. The standard InChI is InChI=1S/C15H9FN4O/c16-10-5-3-4-9(8-10)13-14-17-15(21)11-6-1-2-7-12(11)20(14)19-18-13/h1-8,19H. The zero-order valence-electron chi connectivity index (χ0n) is 10.7. The van der Waals surface area contributed by atoms with Crippen LogP contribution in [0, 0.1) is 5.82 Å². The molecule has 2 heterocycles. The Bertz CT molecular complexity index is 1030. The molecule has 0 unspecified atom stereocenters. The van der Waals surface area contributed by atoms with E-state index in [-0.39, 0.29) is 11.4 Å². The maximum atomic E-state index is 13.4. The Morgan fingerprint density at radius 3 is 2.81 bits per heavy atom. The average molecular weight is 280 g/mol. The van der Waals surface area contributed by atoms with Crippen LogP contribution in [0.4, 0.5) is 4.39 Å². The molecule has 0 spiro atoms. The van der Waals surface area contributed by atoms with E-state index in [4.69, 9.17) is 0 Å². The molecule has 0 saturated heterocycles. The molecule has 1 N–H and O–H groups in total. The van der Waals surface area contributed by atoms with E-state index >= 15 is 0 Å². The summed E-state index contributed by atoms with van der Waals surface area (Å²) in [5.74, 6) is -0.364. The molecular weight excluding hydrogens is 271 g/mol. The van der Waals surface area contributed by atoms with Crippen LogP contribution in [0.2, 0.25) is 0 Å². The molecule has 2 aromatic carbocycles. The van der Waals surface area contributed by atoms with Crippen LogP contribution in [-0.2, 0) is 0 Å². The van der Waals surface area contributed by atoms with E-state index in [9.17, 15) is 9.18 Å². The molecule has 102 valence electrons. The molecular formula is C15H9FN4O. The van der Waals surface area contributed by atoms with E-state index in [0.717, 1.165) is 0 Å². The molecule has 4 rings (SSSR count). The number of hydrogen-bond donors (Lipinski definition) is 1. The number of H-pyrrole nitrogens is 1. The molecule has 0 bridgehead atoms. The van der Waals surface area contributed by atoms with Crippen LogP contribution in [0.3, 0.4) is 0 Å². The minimum absolute atomic E-state index is 0.329. The molecule has 0 aliphatic carbocycles. The molecule has 0 amide bonds. The summed E-state index contributed by atoms with van der Waals surface area (Å²) in [7, 11) is 0. The summed E-state index contributed by atoms with van der Waals surface area (Å²) >= 11 is 0. The van der Waals surface area contributed by atoms with Crippen LogP contribution >= 0.6 is 0 Å². The van der Waals surface area contributed by atoms with Gasteiger partial charge < -0.3 is 0 Å². The average Bonchev–Trinajstić information content (AvgIpc) is 2.91. The normalized spacial score (nSPS) is 11.3. The lowest BCUT2D eigenvalue weighted by Crippen LogP contribution is -2.10. The van der Waals surface area contributed by atoms with Gasteiger partial charge in [-0.1, -0.05) is 24.3 Å². The van der Waals surface area contributed by atoms with Gasteiger partial charge in [-0.3, -0.25) is 4.79 Å². The van der Waals surface area contributed by atoms with Gasteiger partial charge in [-0.05, 0) is 24.3 Å². The quantitative estimate of drug-likeness (QED) is 0.582. The molecule has 21 heavy (non-hydrogen) atoms. The van der Waals surface area contributed by atoms with E-state index in [1.807, 2.05) is 6.07 Å². The number of para-hydroxylation sites is 1. The number of halogens is 1. The van der Waals surface area contributed by atoms with Gasteiger partial charge in [-0.25, -0.2) is 14.1 Å². The van der Waals surface area contributed by atoms with Gasteiger partial charge in [0.05, 0.1) is 10.9 Å². The summed E-state index contributed by atoms with van der Waals surface area (Å²) in [5.41, 5.74) is 1.74. The highest BCUT2D eigenvalue weighted by molar-refractivity contribution is 5.83. The van der Waals surface area contributed by atoms with Crippen LogP contribution in [0.5, 0.6) is 0 Å². The topological polar surface area (TPSA) is 63.0 Å². The second kappa shape index (κ2) is 4.24. The highest BCUT2D eigenvalue weighted by Gasteiger charge is 2.13. The summed E-state index contributed by atoms with van der Waals surface area (Å²) in [6, 6.07) is 13.2. The number of benzene rings is 2. The Balaban J connectivity index is 2.12. The Kier molecular flexibility index (Phi) is 2.38.